The van der Waals surface area contributed by atoms with Gasteiger partial charge in [0.05, 0.1) is 11.0 Å². The van der Waals surface area contributed by atoms with Gasteiger partial charge in [-0.1, -0.05) is 36.7 Å². The first-order valence-corrected chi connectivity index (χ1v) is 14.1. The van der Waals surface area contributed by atoms with Crippen molar-refractivity contribution in [2.45, 2.75) is 95.6 Å². The molecule has 8 atom stereocenters. The SMILES string of the molecule is Cc1ccc(S(=O)(=O)O[C@@H]2CC[C@@H]3[C@H]4CC[C@H]5C[C@H](N=[N+]=[N-])CC[C@]5(C)[C@H]4CC[C@@]32C)cc1. The quantitative estimate of drug-likeness (QED) is 0.209. The molecule has 0 unspecified atom stereocenters. The average molecular weight is 472 g/mol. The highest BCUT2D eigenvalue weighted by Crippen LogP contribution is 2.66. The van der Waals surface area contributed by atoms with Crippen LogP contribution in [0.25, 0.3) is 10.4 Å². The zero-order chi connectivity index (χ0) is 23.4. The van der Waals surface area contributed by atoms with E-state index in [0.29, 0.717) is 29.1 Å². The summed E-state index contributed by atoms with van der Waals surface area (Å²) in [5.41, 5.74) is 10.2. The minimum absolute atomic E-state index is 0.0789. The van der Waals surface area contributed by atoms with Crippen LogP contribution < -0.4 is 0 Å². The van der Waals surface area contributed by atoms with Crippen LogP contribution in [-0.2, 0) is 14.3 Å². The number of benzene rings is 1. The summed E-state index contributed by atoms with van der Waals surface area (Å²) in [6.45, 7) is 6.74. The fourth-order valence-electron chi connectivity index (χ4n) is 8.44. The van der Waals surface area contributed by atoms with Crippen molar-refractivity contribution in [1.82, 2.24) is 0 Å². The zero-order valence-corrected chi connectivity index (χ0v) is 20.9. The number of azide groups is 1. The molecule has 6 nitrogen and oxygen atoms in total. The Bertz CT molecular complexity index is 1050. The number of hydrogen-bond acceptors (Lipinski definition) is 4. The van der Waals surface area contributed by atoms with Crippen molar-refractivity contribution in [1.29, 1.82) is 0 Å². The fourth-order valence-corrected chi connectivity index (χ4v) is 9.64. The van der Waals surface area contributed by atoms with Gasteiger partial charge in [0.15, 0.2) is 0 Å². The predicted molar refractivity (Wildman–Crippen MR) is 128 cm³/mol. The first-order chi connectivity index (χ1) is 15.7. The molecule has 0 saturated heterocycles. The summed E-state index contributed by atoms with van der Waals surface area (Å²) >= 11 is 0. The van der Waals surface area contributed by atoms with E-state index >= 15 is 0 Å². The first-order valence-electron chi connectivity index (χ1n) is 12.7. The summed E-state index contributed by atoms with van der Waals surface area (Å²) < 4.78 is 32.1. The molecule has 0 radical (unpaired) electrons. The maximum atomic E-state index is 13.1. The van der Waals surface area contributed by atoms with Gasteiger partial charge in [-0.3, -0.25) is 4.18 Å². The van der Waals surface area contributed by atoms with Crippen molar-refractivity contribution in [2.24, 2.45) is 39.6 Å². The molecule has 0 aromatic heterocycles. The molecule has 0 bridgehead atoms. The molecule has 0 amide bonds. The first kappa shape index (κ1) is 23.2. The van der Waals surface area contributed by atoms with Gasteiger partial charge in [0.25, 0.3) is 10.1 Å². The second kappa shape index (κ2) is 8.28. The van der Waals surface area contributed by atoms with Crippen molar-refractivity contribution >= 4 is 10.1 Å². The van der Waals surface area contributed by atoms with Crippen LogP contribution in [0.15, 0.2) is 34.3 Å². The molecule has 0 heterocycles. The highest BCUT2D eigenvalue weighted by atomic mass is 32.2. The molecule has 1 aromatic rings. The van der Waals surface area contributed by atoms with Crippen LogP contribution in [0.4, 0.5) is 0 Å². The van der Waals surface area contributed by atoms with Gasteiger partial charge in [-0.15, -0.1) is 0 Å². The van der Waals surface area contributed by atoms with E-state index in [1.54, 1.807) is 12.1 Å². The number of fused-ring (bicyclic) bond motifs is 5. The number of rotatable bonds is 4. The van der Waals surface area contributed by atoms with Crippen LogP contribution in [0.3, 0.4) is 0 Å². The standard InChI is InChI=1S/C26H37N3O3S/c1-17-4-7-20(8-5-17)33(30,31)32-24-11-10-22-21-9-6-18-16-19(28-29-27)12-14-25(18,2)23(21)13-15-26(22,24)3/h4-5,7-8,18-19,21-24H,6,9-16H2,1-3H3/t18-,19+,21+,22+,23-,24+,25-,26-/m0/s1. The fraction of sp³-hybridized carbons (Fsp3) is 0.769. The Morgan fingerprint density at radius 1 is 0.970 bits per heavy atom. The van der Waals surface area contributed by atoms with Gasteiger partial charge in [-0.25, -0.2) is 0 Å². The Balaban J connectivity index is 1.34. The molecule has 180 valence electrons. The van der Waals surface area contributed by atoms with Crippen LogP contribution in [0.2, 0.25) is 0 Å². The third-order valence-electron chi connectivity index (χ3n) is 10.3. The maximum absolute atomic E-state index is 13.1. The van der Waals surface area contributed by atoms with Crippen LogP contribution >= 0.6 is 0 Å². The van der Waals surface area contributed by atoms with Gasteiger partial charge in [0, 0.05) is 11.0 Å². The second-order valence-electron chi connectivity index (χ2n) is 11.8. The Hall–Kier alpha value is -1.56. The smallest absolute Gasteiger partial charge is 0.262 e. The zero-order valence-electron chi connectivity index (χ0n) is 20.1. The van der Waals surface area contributed by atoms with Gasteiger partial charge in [0.2, 0.25) is 0 Å². The van der Waals surface area contributed by atoms with Crippen molar-refractivity contribution in [2.75, 3.05) is 0 Å². The molecule has 0 spiro atoms. The second-order valence-corrected chi connectivity index (χ2v) is 13.3. The molecule has 7 heteroatoms. The Morgan fingerprint density at radius 3 is 2.39 bits per heavy atom. The molecule has 4 aliphatic rings. The van der Waals surface area contributed by atoms with Gasteiger partial charge >= 0.3 is 0 Å². The van der Waals surface area contributed by atoms with E-state index in [2.05, 4.69) is 23.9 Å². The van der Waals surface area contributed by atoms with Crippen molar-refractivity contribution in [3.63, 3.8) is 0 Å². The van der Waals surface area contributed by atoms with Crippen LogP contribution in [0, 0.1) is 41.4 Å². The van der Waals surface area contributed by atoms with Gasteiger partial charge in [-0.2, -0.15) is 8.42 Å². The largest absolute Gasteiger partial charge is 0.297 e. The lowest BCUT2D eigenvalue weighted by molar-refractivity contribution is -0.119. The van der Waals surface area contributed by atoms with E-state index in [4.69, 9.17) is 9.71 Å². The van der Waals surface area contributed by atoms with Gasteiger partial charge < -0.3 is 0 Å². The van der Waals surface area contributed by atoms with Gasteiger partial charge in [-0.05, 0) is 117 Å². The van der Waals surface area contributed by atoms with Crippen molar-refractivity contribution in [3.05, 3.63) is 40.3 Å². The summed E-state index contributed by atoms with van der Waals surface area (Å²) in [6.07, 6.45) is 9.45. The Morgan fingerprint density at radius 2 is 1.67 bits per heavy atom. The normalized spacial score (nSPS) is 42.5. The van der Waals surface area contributed by atoms with Crippen LogP contribution in [0.1, 0.15) is 77.2 Å². The molecule has 33 heavy (non-hydrogen) atoms. The molecule has 1 aromatic carbocycles. The maximum Gasteiger partial charge on any atom is 0.297 e. The highest BCUT2D eigenvalue weighted by molar-refractivity contribution is 7.86. The number of nitrogens with zero attached hydrogens (tertiary/aromatic N) is 3. The Labute approximate surface area is 198 Å². The predicted octanol–water partition coefficient (Wildman–Crippen LogP) is 6.79. The van der Waals surface area contributed by atoms with Crippen molar-refractivity contribution < 1.29 is 12.6 Å². The summed E-state index contributed by atoms with van der Waals surface area (Å²) in [5, 5.41) is 4.05. The summed E-state index contributed by atoms with van der Waals surface area (Å²) in [6, 6.07) is 7.14. The molecule has 4 saturated carbocycles. The number of aryl methyl sites for hydroxylation is 1. The van der Waals surface area contributed by atoms with E-state index in [9.17, 15) is 8.42 Å². The van der Waals surface area contributed by atoms with E-state index in [1.807, 2.05) is 19.1 Å². The van der Waals surface area contributed by atoms with E-state index in [-0.39, 0.29) is 22.5 Å². The molecule has 0 aliphatic heterocycles. The monoisotopic (exact) mass is 471 g/mol. The molecular weight excluding hydrogens is 434 g/mol. The molecule has 4 aliphatic carbocycles. The minimum Gasteiger partial charge on any atom is -0.262 e. The molecular formula is C26H37N3O3S. The van der Waals surface area contributed by atoms with Gasteiger partial charge in [0.1, 0.15) is 0 Å². The lowest BCUT2D eigenvalue weighted by Gasteiger charge is -2.60. The lowest BCUT2D eigenvalue weighted by atomic mass is 9.45. The van der Waals surface area contributed by atoms with E-state index in [0.717, 1.165) is 50.5 Å². The van der Waals surface area contributed by atoms with Crippen molar-refractivity contribution in [3.8, 4) is 0 Å². The lowest BCUT2D eigenvalue weighted by Crippen LogP contribution is -2.54. The molecule has 4 fully saturated rings. The third-order valence-corrected chi connectivity index (χ3v) is 11.7. The topological polar surface area (TPSA) is 92.1 Å². The van der Waals surface area contributed by atoms with E-state index in [1.165, 1.54) is 12.8 Å². The third kappa shape index (κ3) is 3.81. The highest BCUT2D eigenvalue weighted by Gasteiger charge is 2.61. The van der Waals surface area contributed by atoms with Crippen LogP contribution in [0.5, 0.6) is 0 Å². The Kier molecular flexibility index (Phi) is 5.82. The number of hydrogen-bond donors (Lipinski definition) is 0. The minimum atomic E-state index is -3.76. The molecule has 5 rings (SSSR count). The van der Waals surface area contributed by atoms with Crippen LogP contribution in [-0.4, -0.2) is 20.6 Å². The van der Waals surface area contributed by atoms with E-state index < -0.39 is 10.1 Å². The summed E-state index contributed by atoms with van der Waals surface area (Å²) in [7, 11) is -3.76. The summed E-state index contributed by atoms with van der Waals surface area (Å²) in [4.78, 5) is 3.34. The molecule has 0 N–H and O–H groups in total. The average Bonchev–Trinajstić information content (AvgIpc) is 3.10. The summed E-state index contributed by atoms with van der Waals surface area (Å²) in [5.74, 6) is 2.51.